The van der Waals surface area contributed by atoms with Crippen LogP contribution in [0.15, 0.2) is 17.5 Å². The van der Waals surface area contributed by atoms with E-state index in [1.807, 2.05) is 14.0 Å². The molecule has 0 radical (unpaired) electrons. The van der Waals surface area contributed by atoms with E-state index in [0.717, 1.165) is 23.5 Å². The molecule has 0 aliphatic rings. The molecule has 0 saturated heterocycles. The summed E-state index contributed by atoms with van der Waals surface area (Å²) in [5, 5.41) is 9.92. The molecule has 102 valence electrons. The third-order valence-electron chi connectivity index (χ3n) is 2.94. The molecule has 19 heavy (non-hydrogen) atoms. The summed E-state index contributed by atoms with van der Waals surface area (Å²) in [7, 11) is 1.90. The molecule has 2 aromatic heterocycles. The molecule has 0 aliphatic heterocycles. The van der Waals surface area contributed by atoms with Crippen LogP contribution in [0, 0.1) is 6.92 Å². The molecular weight excluding hydrogens is 276 g/mol. The van der Waals surface area contributed by atoms with Crippen LogP contribution in [0.25, 0.3) is 0 Å². The number of rotatable bonds is 5. The van der Waals surface area contributed by atoms with Gasteiger partial charge in [-0.15, -0.1) is 11.3 Å². The second kappa shape index (κ2) is 5.71. The predicted octanol–water partition coefficient (Wildman–Crippen LogP) is 2.47. The van der Waals surface area contributed by atoms with E-state index in [-0.39, 0.29) is 0 Å². The molecule has 1 unspecified atom stereocenters. The number of aryl methyl sites for hydroxylation is 2. The lowest BCUT2D eigenvalue weighted by Crippen LogP contribution is -2.22. The van der Waals surface area contributed by atoms with Gasteiger partial charge in [0, 0.05) is 24.4 Å². The maximum absolute atomic E-state index is 5.78. The Bertz CT molecular complexity index is 572. The van der Waals surface area contributed by atoms with Gasteiger partial charge in [-0.1, -0.05) is 18.3 Å². The van der Waals surface area contributed by atoms with Gasteiger partial charge in [0.15, 0.2) is 0 Å². The minimum absolute atomic E-state index is 0.293. The van der Waals surface area contributed by atoms with Crippen LogP contribution >= 0.6 is 23.6 Å². The van der Waals surface area contributed by atoms with Gasteiger partial charge in [-0.2, -0.15) is 5.10 Å². The van der Waals surface area contributed by atoms with Gasteiger partial charge in [0.1, 0.15) is 10.8 Å². The molecule has 0 aromatic carbocycles. The molecule has 0 bridgehead atoms. The summed E-state index contributed by atoms with van der Waals surface area (Å²) in [5.74, 6) is 0.897. The summed E-state index contributed by atoms with van der Waals surface area (Å²) in [6, 6.07) is 4.51. The van der Waals surface area contributed by atoms with Crippen LogP contribution in [0.4, 0.5) is 5.82 Å². The Kier molecular flexibility index (Phi) is 4.21. The molecule has 2 heterocycles. The third-order valence-corrected chi connectivity index (χ3v) is 4.04. The first kappa shape index (κ1) is 14.0. The Labute approximate surface area is 122 Å². The number of aromatic nitrogens is 2. The molecule has 1 atom stereocenters. The molecular formula is C13H18N4S2. The third kappa shape index (κ3) is 3.13. The van der Waals surface area contributed by atoms with Crippen LogP contribution in [0.2, 0.25) is 0 Å². The molecule has 0 fully saturated rings. The summed E-state index contributed by atoms with van der Waals surface area (Å²) in [6.45, 7) is 4.06. The van der Waals surface area contributed by atoms with Crippen molar-refractivity contribution < 1.29 is 0 Å². The van der Waals surface area contributed by atoms with Gasteiger partial charge < -0.3 is 11.1 Å². The van der Waals surface area contributed by atoms with Crippen molar-refractivity contribution in [3.05, 3.63) is 33.6 Å². The molecule has 0 spiro atoms. The lowest BCUT2D eigenvalue weighted by atomic mass is 10.2. The highest BCUT2D eigenvalue weighted by molar-refractivity contribution is 7.80. The highest BCUT2D eigenvalue weighted by atomic mass is 32.1. The minimum atomic E-state index is 0.293. The number of anilines is 1. The highest BCUT2D eigenvalue weighted by Crippen LogP contribution is 2.21. The van der Waals surface area contributed by atoms with E-state index in [1.54, 1.807) is 16.0 Å². The number of nitrogens with two attached hydrogens (primary N) is 1. The van der Waals surface area contributed by atoms with Crippen molar-refractivity contribution in [2.24, 2.45) is 12.8 Å². The molecule has 4 nitrogen and oxygen atoms in total. The first-order chi connectivity index (χ1) is 8.99. The summed E-state index contributed by atoms with van der Waals surface area (Å²) < 4.78 is 1.80. The topological polar surface area (TPSA) is 55.9 Å². The van der Waals surface area contributed by atoms with Crippen LogP contribution in [-0.2, 0) is 13.5 Å². The van der Waals surface area contributed by atoms with E-state index in [0.29, 0.717) is 11.0 Å². The summed E-state index contributed by atoms with van der Waals surface area (Å²) in [5.41, 5.74) is 7.49. The van der Waals surface area contributed by atoms with Crippen molar-refractivity contribution >= 4 is 34.4 Å². The van der Waals surface area contributed by atoms with Gasteiger partial charge in [-0.05, 0) is 25.3 Å². The van der Waals surface area contributed by atoms with Crippen molar-refractivity contribution in [1.82, 2.24) is 9.78 Å². The summed E-state index contributed by atoms with van der Waals surface area (Å²) in [6.07, 6.45) is 0.971. The van der Waals surface area contributed by atoms with Crippen molar-refractivity contribution in [2.45, 2.75) is 26.3 Å². The SMILES string of the molecule is Cc1nn(C)c(NC(C)Cc2cccs2)c1C(N)=S. The van der Waals surface area contributed by atoms with Crippen molar-refractivity contribution in [1.29, 1.82) is 0 Å². The Balaban J connectivity index is 2.16. The summed E-state index contributed by atoms with van der Waals surface area (Å²) >= 11 is 6.87. The van der Waals surface area contributed by atoms with Crippen molar-refractivity contribution in [3.8, 4) is 0 Å². The zero-order valence-corrected chi connectivity index (χ0v) is 12.9. The largest absolute Gasteiger partial charge is 0.389 e. The average Bonchev–Trinajstić information content (AvgIpc) is 2.88. The summed E-state index contributed by atoms with van der Waals surface area (Å²) in [4.78, 5) is 1.74. The van der Waals surface area contributed by atoms with Gasteiger partial charge >= 0.3 is 0 Å². The van der Waals surface area contributed by atoms with E-state index < -0.39 is 0 Å². The zero-order chi connectivity index (χ0) is 14.0. The molecule has 0 amide bonds. The van der Waals surface area contributed by atoms with Crippen LogP contribution < -0.4 is 11.1 Å². The molecule has 0 aliphatic carbocycles. The van der Waals surface area contributed by atoms with Gasteiger partial charge in [0.05, 0.1) is 11.3 Å². The average molecular weight is 294 g/mol. The van der Waals surface area contributed by atoms with Gasteiger partial charge in [-0.25, -0.2) is 0 Å². The lowest BCUT2D eigenvalue weighted by Gasteiger charge is -2.16. The number of hydrogen-bond acceptors (Lipinski definition) is 4. The molecule has 0 saturated carbocycles. The van der Waals surface area contributed by atoms with Crippen molar-refractivity contribution in [3.63, 3.8) is 0 Å². The number of hydrogen-bond donors (Lipinski definition) is 2. The fourth-order valence-electron chi connectivity index (χ4n) is 2.13. The van der Waals surface area contributed by atoms with Crippen LogP contribution in [-0.4, -0.2) is 20.8 Å². The molecule has 2 aromatic rings. The maximum atomic E-state index is 5.78. The first-order valence-corrected chi connectivity index (χ1v) is 7.40. The fraction of sp³-hybridized carbons (Fsp3) is 0.385. The number of nitrogens with zero attached hydrogens (tertiary/aromatic N) is 2. The second-order valence-electron chi connectivity index (χ2n) is 4.63. The van der Waals surface area contributed by atoms with E-state index >= 15 is 0 Å². The Morgan fingerprint density at radius 1 is 1.63 bits per heavy atom. The first-order valence-electron chi connectivity index (χ1n) is 6.11. The number of thiophene rings is 1. The van der Waals surface area contributed by atoms with Gasteiger partial charge in [-0.3, -0.25) is 4.68 Å². The second-order valence-corrected chi connectivity index (χ2v) is 6.10. The highest BCUT2D eigenvalue weighted by Gasteiger charge is 2.17. The zero-order valence-electron chi connectivity index (χ0n) is 11.3. The van der Waals surface area contributed by atoms with Crippen molar-refractivity contribution in [2.75, 3.05) is 5.32 Å². The molecule has 3 N–H and O–H groups in total. The normalized spacial score (nSPS) is 12.4. The smallest absolute Gasteiger partial charge is 0.134 e. The van der Waals surface area contributed by atoms with Crippen LogP contribution in [0.1, 0.15) is 23.1 Å². The number of nitrogens with one attached hydrogen (secondary N) is 1. The fourth-order valence-corrected chi connectivity index (χ4v) is 3.21. The molecule has 6 heteroatoms. The van der Waals surface area contributed by atoms with Gasteiger partial charge in [0.25, 0.3) is 0 Å². The van der Waals surface area contributed by atoms with E-state index in [4.69, 9.17) is 18.0 Å². The lowest BCUT2D eigenvalue weighted by molar-refractivity contribution is 0.727. The van der Waals surface area contributed by atoms with E-state index in [1.165, 1.54) is 4.88 Å². The Hall–Kier alpha value is -1.40. The van der Waals surface area contributed by atoms with E-state index in [9.17, 15) is 0 Å². The standard InChI is InChI=1S/C13H18N4S2/c1-8(7-10-5-4-6-19-10)15-13-11(12(14)18)9(2)16-17(13)3/h4-6,8,15H,7H2,1-3H3,(H2,14,18). The quantitative estimate of drug-likeness (QED) is 0.832. The van der Waals surface area contributed by atoms with Crippen LogP contribution in [0.5, 0.6) is 0 Å². The minimum Gasteiger partial charge on any atom is -0.389 e. The number of thiocarbonyl (C=S) groups is 1. The monoisotopic (exact) mass is 294 g/mol. The van der Waals surface area contributed by atoms with Gasteiger partial charge in [0.2, 0.25) is 0 Å². The Morgan fingerprint density at radius 3 is 2.95 bits per heavy atom. The maximum Gasteiger partial charge on any atom is 0.134 e. The molecule has 2 rings (SSSR count). The predicted molar refractivity (Wildman–Crippen MR) is 84.9 cm³/mol. The van der Waals surface area contributed by atoms with E-state index in [2.05, 4.69) is 34.9 Å². The Morgan fingerprint density at radius 2 is 2.37 bits per heavy atom. The van der Waals surface area contributed by atoms with Crippen LogP contribution in [0.3, 0.4) is 0 Å².